The maximum Gasteiger partial charge on any atom is 0.282 e. The average molecular weight is 341 g/mol. The minimum Gasteiger partial charge on any atom is -0.258 e. The third-order valence-electron chi connectivity index (χ3n) is 1.74. The zero-order valence-corrected chi connectivity index (χ0v) is 11.7. The molecule has 0 amide bonds. The fraction of sp³-hybridized carbons (Fsp3) is 0.250. The van der Waals surface area contributed by atoms with Crippen molar-refractivity contribution in [3.63, 3.8) is 0 Å². The van der Waals surface area contributed by atoms with Gasteiger partial charge in [-0.3, -0.25) is 10.1 Å². The Morgan fingerprint density at radius 2 is 2.12 bits per heavy atom. The minimum absolute atomic E-state index is 0.0485. The lowest BCUT2D eigenvalue weighted by atomic mass is 10.3. The highest BCUT2D eigenvalue weighted by Crippen LogP contribution is 2.31. The van der Waals surface area contributed by atoms with Crippen LogP contribution in [-0.4, -0.2) is 24.8 Å². The smallest absolute Gasteiger partial charge is 0.258 e. The molecule has 6 nitrogen and oxygen atoms in total. The van der Waals surface area contributed by atoms with Gasteiger partial charge in [-0.2, -0.15) is 0 Å². The van der Waals surface area contributed by atoms with Crippen LogP contribution in [0.4, 0.5) is 5.69 Å². The van der Waals surface area contributed by atoms with Crippen molar-refractivity contribution in [2.24, 2.45) is 5.14 Å². The van der Waals surface area contributed by atoms with Crippen molar-refractivity contribution in [2.45, 2.75) is 4.90 Å². The second-order valence-corrected chi connectivity index (χ2v) is 6.87. The number of nitrogens with two attached hydrogens (primary N) is 1. The van der Waals surface area contributed by atoms with E-state index in [1.807, 2.05) is 0 Å². The van der Waals surface area contributed by atoms with Crippen LogP contribution in [0.1, 0.15) is 0 Å². The Bertz CT molecular complexity index is 532. The standard InChI is InChI=1S/C8H9BrN2O4S2/c9-6-1-2-7(11(12)13)8(5-6)16-3-4-17(10,14)15/h1-2,5H,3-4H2,(H2,10,14,15). The molecule has 0 unspecified atom stereocenters. The summed E-state index contributed by atoms with van der Waals surface area (Å²) in [6.45, 7) is 0. The van der Waals surface area contributed by atoms with Gasteiger partial charge in [-0.05, 0) is 12.1 Å². The molecule has 0 aliphatic carbocycles. The first-order valence-electron chi connectivity index (χ1n) is 4.37. The van der Waals surface area contributed by atoms with Crippen molar-refractivity contribution in [1.29, 1.82) is 0 Å². The maximum atomic E-state index is 10.7. The van der Waals surface area contributed by atoms with E-state index in [4.69, 9.17) is 5.14 Å². The van der Waals surface area contributed by atoms with Crippen molar-refractivity contribution in [3.05, 3.63) is 32.8 Å². The fourth-order valence-electron chi connectivity index (χ4n) is 1.02. The number of rotatable bonds is 5. The summed E-state index contributed by atoms with van der Waals surface area (Å²) in [5, 5.41) is 15.6. The maximum absolute atomic E-state index is 10.7. The number of nitro benzene ring substituents is 1. The van der Waals surface area contributed by atoms with E-state index >= 15 is 0 Å². The molecule has 0 aromatic heterocycles. The van der Waals surface area contributed by atoms with E-state index in [0.717, 1.165) is 11.8 Å². The third kappa shape index (κ3) is 5.02. The highest BCUT2D eigenvalue weighted by atomic mass is 79.9. The second-order valence-electron chi connectivity index (χ2n) is 3.08. The van der Waals surface area contributed by atoms with Crippen molar-refractivity contribution < 1.29 is 13.3 Å². The van der Waals surface area contributed by atoms with Gasteiger partial charge in [-0.25, -0.2) is 13.6 Å². The summed E-state index contributed by atoms with van der Waals surface area (Å²) >= 11 is 4.28. The zero-order valence-electron chi connectivity index (χ0n) is 8.50. The number of nitrogens with zero attached hydrogens (tertiary/aromatic N) is 1. The average Bonchev–Trinajstić information content (AvgIpc) is 2.15. The Morgan fingerprint density at radius 1 is 1.47 bits per heavy atom. The van der Waals surface area contributed by atoms with Crippen LogP contribution in [0.5, 0.6) is 0 Å². The molecule has 0 atom stereocenters. The van der Waals surface area contributed by atoms with Gasteiger partial charge in [-0.1, -0.05) is 15.9 Å². The molecule has 1 aromatic rings. The van der Waals surface area contributed by atoms with Crippen LogP contribution in [0.15, 0.2) is 27.6 Å². The molecular weight excluding hydrogens is 332 g/mol. The number of hydrogen-bond acceptors (Lipinski definition) is 5. The Balaban J connectivity index is 2.82. The Morgan fingerprint density at radius 3 is 2.65 bits per heavy atom. The van der Waals surface area contributed by atoms with E-state index < -0.39 is 14.9 Å². The summed E-state index contributed by atoms with van der Waals surface area (Å²) < 4.78 is 22.2. The number of hydrogen-bond donors (Lipinski definition) is 1. The largest absolute Gasteiger partial charge is 0.282 e. The first kappa shape index (κ1) is 14.4. The highest BCUT2D eigenvalue weighted by Gasteiger charge is 2.15. The summed E-state index contributed by atoms with van der Waals surface area (Å²) in [4.78, 5) is 10.6. The summed E-state index contributed by atoms with van der Waals surface area (Å²) in [5.74, 6) is -0.0442. The number of nitro groups is 1. The molecule has 0 aliphatic heterocycles. The normalized spacial score (nSPS) is 11.4. The predicted octanol–water partition coefficient (Wildman–Crippen LogP) is 1.74. The lowest BCUT2D eigenvalue weighted by molar-refractivity contribution is -0.387. The van der Waals surface area contributed by atoms with Gasteiger partial charge in [0.2, 0.25) is 10.0 Å². The monoisotopic (exact) mass is 340 g/mol. The lowest BCUT2D eigenvalue weighted by Gasteiger charge is -2.03. The van der Waals surface area contributed by atoms with Crippen molar-refractivity contribution in [1.82, 2.24) is 0 Å². The molecular formula is C8H9BrN2O4S2. The molecule has 94 valence electrons. The van der Waals surface area contributed by atoms with Crippen LogP contribution in [0.2, 0.25) is 0 Å². The molecule has 0 spiro atoms. The number of primary sulfonamides is 1. The van der Waals surface area contributed by atoms with Crippen LogP contribution in [0.25, 0.3) is 0 Å². The van der Waals surface area contributed by atoms with E-state index in [2.05, 4.69) is 15.9 Å². The zero-order chi connectivity index (χ0) is 13.1. The molecule has 0 fully saturated rings. The van der Waals surface area contributed by atoms with E-state index in [1.54, 1.807) is 12.1 Å². The quantitative estimate of drug-likeness (QED) is 0.499. The fourth-order valence-corrected chi connectivity index (χ4v) is 3.52. The van der Waals surface area contributed by atoms with Crippen LogP contribution in [-0.2, 0) is 10.0 Å². The summed E-state index contributed by atoms with van der Waals surface area (Å²) in [5.41, 5.74) is -0.0485. The van der Waals surface area contributed by atoms with Gasteiger partial charge in [0, 0.05) is 16.3 Å². The molecule has 0 radical (unpaired) electrons. The minimum atomic E-state index is -3.54. The van der Waals surface area contributed by atoms with E-state index in [-0.39, 0.29) is 17.2 Å². The predicted molar refractivity (Wildman–Crippen MR) is 69.5 cm³/mol. The van der Waals surface area contributed by atoms with Crippen LogP contribution in [0, 0.1) is 10.1 Å². The molecule has 0 aliphatic rings. The lowest BCUT2D eigenvalue weighted by Crippen LogP contribution is -2.17. The summed E-state index contributed by atoms with van der Waals surface area (Å²) in [6.07, 6.45) is 0. The van der Waals surface area contributed by atoms with Gasteiger partial charge in [0.15, 0.2) is 0 Å². The summed E-state index contributed by atoms with van der Waals surface area (Å²) in [7, 11) is -3.54. The number of benzene rings is 1. The van der Waals surface area contributed by atoms with E-state index in [1.165, 1.54) is 6.07 Å². The molecule has 0 heterocycles. The van der Waals surface area contributed by atoms with Gasteiger partial charge < -0.3 is 0 Å². The molecule has 0 bridgehead atoms. The first-order valence-corrected chi connectivity index (χ1v) is 7.86. The molecule has 1 rings (SSSR count). The van der Waals surface area contributed by atoms with Gasteiger partial charge in [0.05, 0.1) is 15.6 Å². The molecule has 0 saturated heterocycles. The third-order valence-corrected chi connectivity index (χ3v) is 4.32. The molecule has 17 heavy (non-hydrogen) atoms. The van der Waals surface area contributed by atoms with Gasteiger partial charge in [-0.15, -0.1) is 11.8 Å². The van der Waals surface area contributed by atoms with Gasteiger partial charge >= 0.3 is 0 Å². The molecule has 9 heteroatoms. The molecule has 1 aromatic carbocycles. The topological polar surface area (TPSA) is 103 Å². The number of halogens is 1. The van der Waals surface area contributed by atoms with Crippen LogP contribution >= 0.6 is 27.7 Å². The van der Waals surface area contributed by atoms with Gasteiger partial charge in [0.1, 0.15) is 0 Å². The Kier molecular flexibility index (Phi) is 4.92. The first-order chi connectivity index (χ1) is 7.79. The number of sulfonamides is 1. The van der Waals surface area contributed by atoms with Crippen molar-refractivity contribution in [3.8, 4) is 0 Å². The number of thioether (sulfide) groups is 1. The highest BCUT2D eigenvalue weighted by molar-refractivity contribution is 9.10. The molecule has 0 saturated carbocycles. The van der Waals surface area contributed by atoms with Crippen molar-refractivity contribution >= 4 is 43.4 Å². The SMILES string of the molecule is NS(=O)(=O)CCSc1cc(Br)ccc1[N+](=O)[O-]. The summed E-state index contributed by atoms with van der Waals surface area (Å²) in [6, 6.07) is 4.50. The van der Waals surface area contributed by atoms with E-state index in [9.17, 15) is 18.5 Å². The van der Waals surface area contributed by atoms with Gasteiger partial charge in [0.25, 0.3) is 5.69 Å². The Labute approximate surface area is 111 Å². The van der Waals surface area contributed by atoms with Crippen LogP contribution in [0.3, 0.4) is 0 Å². The van der Waals surface area contributed by atoms with Crippen LogP contribution < -0.4 is 5.14 Å². The Hall–Kier alpha value is -0.640. The van der Waals surface area contributed by atoms with Crippen molar-refractivity contribution in [2.75, 3.05) is 11.5 Å². The van der Waals surface area contributed by atoms with E-state index in [0.29, 0.717) is 9.37 Å². The second kappa shape index (κ2) is 5.80. The molecule has 2 N–H and O–H groups in total.